The van der Waals surface area contributed by atoms with Crippen molar-refractivity contribution in [2.24, 2.45) is 0 Å². The van der Waals surface area contributed by atoms with E-state index in [9.17, 15) is 13.6 Å². The van der Waals surface area contributed by atoms with Crippen molar-refractivity contribution < 1.29 is 23.4 Å². The van der Waals surface area contributed by atoms with Gasteiger partial charge >= 0.3 is 5.97 Å². The number of nitrogens with two attached hydrogens (primary N) is 1. The Morgan fingerprint density at radius 2 is 2.27 bits per heavy atom. The van der Waals surface area contributed by atoms with E-state index >= 15 is 0 Å². The Hall–Kier alpha value is -1.92. The van der Waals surface area contributed by atoms with Crippen LogP contribution in [0, 0.1) is 0 Å². The number of aromatic hydroxyl groups is 1. The fourth-order valence-electron chi connectivity index (χ4n) is 0.954. The van der Waals surface area contributed by atoms with Crippen LogP contribution in [0.1, 0.15) is 22.5 Å². The number of hydrogen-bond acceptors (Lipinski definition) is 5. The van der Waals surface area contributed by atoms with Crippen molar-refractivity contribution in [3.05, 3.63) is 17.3 Å². The summed E-state index contributed by atoms with van der Waals surface area (Å²) in [6.07, 6.45) is -2.95. The number of carbonyl (C=O) groups excluding carboxylic acids is 1. The minimum Gasteiger partial charge on any atom is -0.504 e. The maximum absolute atomic E-state index is 12.4. The van der Waals surface area contributed by atoms with Gasteiger partial charge < -0.3 is 15.6 Å². The number of nitrogens with zero attached hydrogens (tertiary/aromatic N) is 1. The normalized spacial score (nSPS) is 10.4. The minimum atomic E-state index is -2.95. The maximum atomic E-state index is 12.4. The molecule has 5 nitrogen and oxygen atoms in total. The zero-order valence-corrected chi connectivity index (χ0v) is 7.70. The molecule has 0 atom stereocenters. The highest BCUT2D eigenvalue weighted by atomic mass is 19.3. The second-order valence-corrected chi connectivity index (χ2v) is 2.62. The summed E-state index contributed by atoms with van der Waals surface area (Å²) >= 11 is 0. The zero-order valence-electron chi connectivity index (χ0n) is 7.70. The van der Waals surface area contributed by atoms with Crippen molar-refractivity contribution in [3.8, 4) is 5.75 Å². The number of methoxy groups -OCH3 is 1. The van der Waals surface area contributed by atoms with E-state index in [1.54, 1.807) is 0 Å². The van der Waals surface area contributed by atoms with Crippen LogP contribution >= 0.6 is 0 Å². The lowest BCUT2D eigenvalue weighted by Gasteiger charge is -2.07. The van der Waals surface area contributed by atoms with Gasteiger partial charge in [-0.05, 0) is 6.07 Å². The van der Waals surface area contributed by atoms with Crippen LogP contribution in [0.5, 0.6) is 5.75 Å². The van der Waals surface area contributed by atoms with E-state index in [0.717, 1.165) is 13.2 Å². The molecule has 0 unspecified atom stereocenters. The third-order valence-corrected chi connectivity index (χ3v) is 1.68. The summed E-state index contributed by atoms with van der Waals surface area (Å²) in [6, 6.07) is 0.738. The number of rotatable bonds is 2. The quantitative estimate of drug-likeness (QED) is 0.726. The number of ether oxygens (including phenoxy) is 1. The molecular weight excluding hydrogens is 210 g/mol. The molecule has 15 heavy (non-hydrogen) atoms. The molecule has 0 saturated carbocycles. The predicted octanol–water partition coefficient (Wildman–Crippen LogP) is 1.09. The average Bonchev–Trinajstić information content (AvgIpc) is 2.20. The summed E-state index contributed by atoms with van der Waals surface area (Å²) in [7, 11) is 1.08. The highest BCUT2D eigenvalue weighted by molar-refractivity contribution is 5.88. The summed E-state index contributed by atoms with van der Waals surface area (Å²) in [5.74, 6) is -2.26. The highest BCUT2D eigenvalue weighted by Gasteiger charge is 2.20. The SMILES string of the molecule is COC(=O)c1cc(C(F)F)c(O)c(N)n1. The Morgan fingerprint density at radius 3 is 2.73 bits per heavy atom. The molecule has 82 valence electrons. The van der Waals surface area contributed by atoms with Gasteiger partial charge in [0.05, 0.1) is 12.7 Å². The molecule has 0 bridgehead atoms. The fraction of sp³-hybridized carbons (Fsp3) is 0.250. The van der Waals surface area contributed by atoms with E-state index in [1.807, 2.05) is 0 Å². The molecule has 1 heterocycles. The van der Waals surface area contributed by atoms with Gasteiger partial charge in [0, 0.05) is 0 Å². The number of alkyl halides is 2. The molecule has 1 aromatic rings. The first-order chi connectivity index (χ1) is 6.97. The van der Waals surface area contributed by atoms with Crippen LogP contribution in [0.4, 0.5) is 14.6 Å². The third-order valence-electron chi connectivity index (χ3n) is 1.68. The van der Waals surface area contributed by atoms with Crippen molar-refractivity contribution in [3.63, 3.8) is 0 Å². The van der Waals surface area contributed by atoms with Gasteiger partial charge in [0.1, 0.15) is 0 Å². The van der Waals surface area contributed by atoms with Gasteiger partial charge in [-0.1, -0.05) is 0 Å². The molecular formula is C8H8F2N2O3. The first kappa shape index (κ1) is 11.2. The lowest BCUT2D eigenvalue weighted by atomic mass is 10.2. The number of hydrogen-bond donors (Lipinski definition) is 2. The van der Waals surface area contributed by atoms with Crippen LogP contribution in [-0.4, -0.2) is 23.2 Å². The number of nitrogen functional groups attached to an aromatic ring is 1. The topological polar surface area (TPSA) is 85.4 Å². The second-order valence-electron chi connectivity index (χ2n) is 2.62. The number of esters is 1. The summed E-state index contributed by atoms with van der Waals surface area (Å²) in [6.45, 7) is 0. The predicted molar refractivity (Wildman–Crippen MR) is 46.6 cm³/mol. The molecule has 0 aromatic carbocycles. The number of halogens is 2. The molecule has 0 amide bonds. The smallest absolute Gasteiger partial charge is 0.356 e. The van der Waals surface area contributed by atoms with Crippen LogP contribution in [0.15, 0.2) is 6.07 Å². The van der Waals surface area contributed by atoms with E-state index in [2.05, 4.69) is 9.72 Å². The zero-order chi connectivity index (χ0) is 11.6. The Kier molecular flexibility index (Phi) is 3.03. The fourth-order valence-corrected chi connectivity index (χ4v) is 0.954. The molecule has 0 fully saturated rings. The van der Waals surface area contributed by atoms with E-state index in [-0.39, 0.29) is 5.69 Å². The third kappa shape index (κ3) is 2.12. The van der Waals surface area contributed by atoms with Crippen LogP contribution in [0.25, 0.3) is 0 Å². The lowest BCUT2D eigenvalue weighted by molar-refractivity contribution is 0.0593. The Bertz CT molecular complexity index is 396. The van der Waals surface area contributed by atoms with Crippen molar-refractivity contribution >= 4 is 11.8 Å². The number of anilines is 1. The second kappa shape index (κ2) is 4.07. The first-order valence-electron chi connectivity index (χ1n) is 3.83. The number of pyridine rings is 1. The number of aromatic nitrogens is 1. The van der Waals surface area contributed by atoms with Gasteiger partial charge in [-0.2, -0.15) is 0 Å². The molecule has 0 aliphatic heterocycles. The largest absolute Gasteiger partial charge is 0.504 e. The van der Waals surface area contributed by atoms with Crippen LogP contribution in [-0.2, 0) is 4.74 Å². The lowest BCUT2D eigenvalue weighted by Crippen LogP contribution is -2.08. The molecule has 3 N–H and O–H groups in total. The van der Waals surface area contributed by atoms with Gasteiger partial charge in [0.2, 0.25) is 0 Å². The standard InChI is InChI=1S/C8H8F2N2O3/c1-15-8(14)4-2-3(6(9)10)5(13)7(11)12-4/h2,6,13H,1H3,(H2,11,12). The van der Waals surface area contributed by atoms with E-state index in [4.69, 9.17) is 10.8 Å². The summed E-state index contributed by atoms with van der Waals surface area (Å²) in [4.78, 5) is 14.4. The van der Waals surface area contributed by atoms with E-state index in [0.29, 0.717) is 0 Å². The van der Waals surface area contributed by atoms with Crippen molar-refractivity contribution in [2.75, 3.05) is 12.8 Å². The van der Waals surface area contributed by atoms with Crippen molar-refractivity contribution in [1.29, 1.82) is 0 Å². The summed E-state index contributed by atoms with van der Waals surface area (Å²) in [5, 5.41) is 9.13. The molecule has 0 radical (unpaired) electrons. The minimum absolute atomic E-state index is 0.372. The van der Waals surface area contributed by atoms with E-state index in [1.165, 1.54) is 0 Å². The monoisotopic (exact) mass is 218 g/mol. The Labute approximate surface area is 83.5 Å². The summed E-state index contributed by atoms with van der Waals surface area (Å²) in [5.41, 5.74) is 4.03. The van der Waals surface area contributed by atoms with Crippen molar-refractivity contribution in [2.45, 2.75) is 6.43 Å². The molecule has 0 aliphatic carbocycles. The molecule has 0 saturated heterocycles. The first-order valence-corrected chi connectivity index (χ1v) is 3.83. The van der Waals surface area contributed by atoms with Crippen LogP contribution in [0.2, 0.25) is 0 Å². The maximum Gasteiger partial charge on any atom is 0.356 e. The molecule has 0 spiro atoms. The summed E-state index contributed by atoms with van der Waals surface area (Å²) < 4.78 is 29.0. The molecule has 0 aliphatic rings. The Balaban J connectivity index is 3.29. The van der Waals surface area contributed by atoms with Crippen molar-refractivity contribution in [1.82, 2.24) is 4.98 Å². The van der Waals surface area contributed by atoms with Crippen LogP contribution in [0.3, 0.4) is 0 Å². The van der Waals surface area contributed by atoms with Gasteiger partial charge in [0.15, 0.2) is 17.3 Å². The molecule has 1 aromatic heterocycles. The molecule has 1 rings (SSSR count). The van der Waals surface area contributed by atoms with Gasteiger partial charge in [-0.3, -0.25) is 0 Å². The number of carbonyl (C=O) groups is 1. The van der Waals surface area contributed by atoms with Gasteiger partial charge in [-0.25, -0.2) is 18.6 Å². The Morgan fingerprint density at radius 1 is 1.67 bits per heavy atom. The van der Waals surface area contributed by atoms with Gasteiger partial charge in [0.25, 0.3) is 6.43 Å². The van der Waals surface area contributed by atoms with E-state index < -0.39 is 29.5 Å². The van der Waals surface area contributed by atoms with Crippen LogP contribution < -0.4 is 5.73 Å². The highest BCUT2D eigenvalue weighted by Crippen LogP contribution is 2.32. The molecule has 7 heteroatoms. The van der Waals surface area contributed by atoms with Gasteiger partial charge in [-0.15, -0.1) is 0 Å². The average molecular weight is 218 g/mol.